The Morgan fingerprint density at radius 1 is 1.04 bits per heavy atom. The van der Waals surface area contributed by atoms with Crippen molar-refractivity contribution in [3.8, 4) is 22.8 Å². The fraction of sp³-hybridized carbons (Fsp3) is 0.111. The summed E-state index contributed by atoms with van der Waals surface area (Å²) in [4.78, 5) is 16.6. The minimum atomic E-state index is -0.390. The summed E-state index contributed by atoms with van der Waals surface area (Å²) in [5.74, 6) is 0.867. The van der Waals surface area contributed by atoms with Crippen molar-refractivity contribution in [1.29, 1.82) is 0 Å². The van der Waals surface area contributed by atoms with Gasteiger partial charge in [-0.15, -0.1) is 0 Å². The third-order valence-electron chi connectivity index (χ3n) is 3.46. The maximum atomic E-state index is 12.5. The van der Waals surface area contributed by atoms with Crippen molar-refractivity contribution in [2.75, 3.05) is 19.5 Å². The first kappa shape index (κ1) is 15.6. The van der Waals surface area contributed by atoms with E-state index in [-0.39, 0.29) is 5.76 Å². The van der Waals surface area contributed by atoms with E-state index in [9.17, 15) is 4.79 Å². The van der Waals surface area contributed by atoms with Gasteiger partial charge >= 0.3 is 0 Å². The highest BCUT2D eigenvalue weighted by molar-refractivity contribution is 6.06. The SMILES string of the molecule is COc1ccc(NC(=O)c2ocnc2-c2ccccc2)cc1OC. The number of carbonyl (C=O) groups excluding carboxylic acids is 1. The molecule has 0 unspecified atom stereocenters. The number of amides is 1. The van der Waals surface area contributed by atoms with Gasteiger partial charge in [-0.25, -0.2) is 4.98 Å². The minimum Gasteiger partial charge on any atom is -0.493 e. The second-order valence-electron chi connectivity index (χ2n) is 4.92. The second-order valence-corrected chi connectivity index (χ2v) is 4.92. The number of ether oxygens (including phenoxy) is 2. The van der Waals surface area contributed by atoms with Crippen LogP contribution in [0.15, 0.2) is 59.3 Å². The fourth-order valence-electron chi connectivity index (χ4n) is 2.31. The van der Waals surface area contributed by atoms with Gasteiger partial charge in [-0.05, 0) is 12.1 Å². The predicted octanol–water partition coefficient (Wildman–Crippen LogP) is 3.61. The Labute approximate surface area is 139 Å². The molecule has 3 aromatic rings. The zero-order valence-electron chi connectivity index (χ0n) is 13.3. The van der Waals surface area contributed by atoms with Crippen LogP contribution in [-0.2, 0) is 0 Å². The van der Waals surface area contributed by atoms with Crippen molar-refractivity contribution in [3.63, 3.8) is 0 Å². The van der Waals surface area contributed by atoms with Crippen molar-refractivity contribution in [3.05, 3.63) is 60.7 Å². The Hall–Kier alpha value is -3.28. The molecule has 2 aromatic carbocycles. The van der Waals surface area contributed by atoms with Crippen LogP contribution in [0.2, 0.25) is 0 Å². The average molecular weight is 324 g/mol. The summed E-state index contributed by atoms with van der Waals surface area (Å²) >= 11 is 0. The molecule has 0 aliphatic rings. The topological polar surface area (TPSA) is 73.6 Å². The molecule has 0 saturated heterocycles. The van der Waals surface area contributed by atoms with Gasteiger partial charge in [-0.2, -0.15) is 0 Å². The number of nitrogens with zero attached hydrogens (tertiary/aromatic N) is 1. The zero-order valence-corrected chi connectivity index (χ0v) is 13.3. The van der Waals surface area contributed by atoms with Crippen LogP contribution in [0.1, 0.15) is 10.6 Å². The molecular weight excluding hydrogens is 308 g/mol. The molecule has 1 aromatic heterocycles. The molecular formula is C18H16N2O4. The number of methoxy groups -OCH3 is 2. The Morgan fingerprint density at radius 3 is 2.50 bits per heavy atom. The molecule has 0 spiro atoms. The Bertz CT molecular complexity index is 843. The van der Waals surface area contributed by atoms with Gasteiger partial charge in [0.05, 0.1) is 14.2 Å². The predicted molar refractivity (Wildman–Crippen MR) is 89.4 cm³/mol. The number of hydrogen-bond donors (Lipinski definition) is 1. The van der Waals surface area contributed by atoms with Gasteiger partial charge < -0.3 is 19.2 Å². The lowest BCUT2D eigenvalue weighted by atomic mass is 10.1. The summed E-state index contributed by atoms with van der Waals surface area (Å²) in [6, 6.07) is 14.5. The van der Waals surface area contributed by atoms with Crippen molar-refractivity contribution in [1.82, 2.24) is 4.98 Å². The van der Waals surface area contributed by atoms with Crippen molar-refractivity contribution in [2.45, 2.75) is 0 Å². The van der Waals surface area contributed by atoms with E-state index in [1.807, 2.05) is 30.3 Å². The molecule has 0 aliphatic carbocycles. The average Bonchev–Trinajstić information content (AvgIpc) is 3.12. The third kappa shape index (κ3) is 3.08. The van der Waals surface area contributed by atoms with Crippen LogP contribution in [0.4, 0.5) is 5.69 Å². The van der Waals surface area contributed by atoms with E-state index in [4.69, 9.17) is 13.9 Å². The largest absolute Gasteiger partial charge is 0.493 e. The van der Waals surface area contributed by atoms with Gasteiger partial charge in [0.15, 0.2) is 17.9 Å². The number of hydrogen-bond acceptors (Lipinski definition) is 5. The van der Waals surface area contributed by atoms with Crippen molar-refractivity contribution >= 4 is 11.6 Å². The molecule has 0 radical (unpaired) electrons. The summed E-state index contributed by atoms with van der Waals surface area (Å²) < 4.78 is 15.7. The molecule has 6 heteroatoms. The normalized spacial score (nSPS) is 10.2. The highest BCUT2D eigenvalue weighted by atomic mass is 16.5. The number of nitrogens with one attached hydrogen (secondary N) is 1. The summed E-state index contributed by atoms with van der Waals surface area (Å²) in [6.07, 6.45) is 1.26. The molecule has 1 amide bonds. The van der Waals surface area contributed by atoms with Gasteiger partial charge in [0.2, 0.25) is 5.76 Å². The number of oxazole rings is 1. The summed E-state index contributed by atoms with van der Waals surface area (Å²) in [7, 11) is 3.09. The number of carbonyl (C=O) groups is 1. The lowest BCUT2D eigenvalue weighted by Gasteiger charge is -2.10. The summed E-state index contributed by atoms with van der Waals surface area (Å²) in [5, 5.41) is 2.77. The zero-order chi connectivity index (χ0) is 16.9. The second kappa shape index (κ2) is 6.87. The third-order valence-corrected chi connectivity index (χ3v) is 3.46. The first-order valence-corrected chi connectivity index (χ1v) is 7.25. The maximum Gasteiger partial charge on any atom is 0.293 e. The van der Waals surface area contributed by atoms with Gasteiger partial charge in [0.25, 0.3) is 5.91 Å². The van der Waals surface area contributed by atoms with E-state index >= 15 is 0 Å². The van der Waals surface area contributed by atoms with Gasteiger partial charge in [0, 0.05) is 17.3 Å². The van der Waals surface area contributed by atoms with Gasteiger partial charge in [0.1, 0.15) is 5.69 Å². The van der Waals surface area contributed by atoms with Crippen LogP contribution in [0.25, 0.3) is 11.3 Å². The molecule has 122 valence electrons. The molecule has 24 heavy (non-hydrogen) atoms. The molecule has 6 nitrogen and oxygen atoms in total. The quantitative estimate of drug-likeness (QED) is 0.776. The van der Waals surface area contributed by atoms with Crippen LogP contribution >= 0.6 is 0 Å². The van der Waals surface area contributed by atoms with E-state index in [2.05, 4.69) is 10.3 Å². The molecule has 1 N–H and O–H groups in total. The molecule has 0 saturated carbocycles. The van der Waals surface area contributed by atoms with Gasteiger partial charge in [-0.3, -0.25) is 4.79 Å². The highest BCUT2D eigenvalue weighted by Crippen LogP contribution is 2.30. The minimum absolute atomic E-state index is 0.149. The van der Waals surface area contributed by atoms with E-state index in [0.717, 1.165) is 5.56 Å². The lowest BCUT2D eigenvalue weighted by molar-refractivity contribution is 0.0997. The van der Waals surface area contributed by atoms with Crippen LogP contribution < -0.4 is 14.8 Å². The van der Waals surface area contributed by atoms with Crippen molar-refractivity contribution < 1.29 is 18.7 Å². The molecule has 1 heterocycles. The first-order valence-electron chi connectivity index (χ1n) is 7.25. The molecule has 0 aliphatic heterocycles. The number of benzene rings is 2. The number of rotatable bonds is 5. The lowest BCUT2D eigenvalue weighted by Crippen LogP contribution is -2.12. The van der Waals surface area contributed by atoms with Gasteiger partial charge in [-0.1, -0.05) is 30.3 Å². The Balaban J connectivity index is 1.85. The smallest absolute Gasteiger partial charge is 0.293 e. The Morgan fingerprint density at radius 2 is 1.79 bits per heavy atom. The summed E-state index contributed by atoms with van der Waals surface area (Å²) in [6.45, 7) is 0. The molecule has 3 rings (SSSR count). The van der Waals surface area contributed by atoms with E-state index in [1.54, 1.807) is 25.3 Å². The standard InChI is InChI=1S/C18H16N2O4/c1-22-14-9-8-13(10-15(14)23-2)20-18(21)17-16(19-11-24-17)12-6-4-3-5-7-12/h3-11H,1-2H3,(H,20,21). The van der Waals surface area contributed by atoms with Crippen LogP contribution in [0.5, 0.6) is 11.5 Å². The maximum absolute atomic E-state index is 12.5. The fourth-order valence-corrected chi connectivity index (χ4v) is 2.31. The molecule has 0 fully saturated rings. The molecule has 0 atom stereocenters. The summed E-state index contributed by atoms with van der Waals surface area (Å²) in [5.41, 5.74) is 1.87. The van der Waals surface area contributed by atoms with Crippen LogP contribution in [0.3, 0.4) is 0 Å². The van der Waals surface area contributed by atoms with E-state index in [1.165, 1.54) is 13.5 Å². The highest BCUT2D eigenvalue weighted by Gasteiger charge is 2.19. The van der Waals surface area contributed by atoms with E-state index in [0.29, 0.717) is 22.9 Å². The molecule has 0 bridgehead atoms. The van der Waals surface area contributed by atoms with Crippen LogP contribution in [-0.4, -0.2) is 25.1 Å². The van der Waals surface area contributed by atoms with E-state index < -0.39 is 5.91 Å². The monoisotopic (exact) mass is 324 g/mol. The number of anilines is 1. The van der Waals surface area contributed by atoms with Crippen molar-refractivity contribution in [2.24, 2.45) is 0 Å². The Kier molecular flexibility index (Phi) is 4.47. The first-order chi connectivity index (χ1) is 11.7. The number of aromatic nitrogens is 1. The van der Waals surface area contributed by atoms with Crippen LogP contribution in [0, 0.1) is 0 Å².